The summed E-state index contributed by atoms with van der Waals surface area (Å²) in [5.74, 6) is 0. The number of rotatable bonds is 4. The van der Waals surface area contributed by atoms with Gasteiger partial charge in [-0.1, -0.05) is 132 Å². The van der Waals surface area contributed by atoms with E-state index in [0.29, 0.717) is 0 Å². The van der Waals surface area contributed by atoms with Gasteiger partial charge in [0.25, 0.3) is 0 Å². The van der Waals surface area contributed by atoms with Crippen LogP contribution < -0.4 is 16.2 Å². The van der Waals surface area contributed by atoms with Crippen molar-refractivity contribution in [1.29, 1.82) is 0 Å². The summed E-state index contributed by atoms with van der Waals surface area (Å²) in [4.78, 5) is 0. The molecule has 12 rings (SSSR count). The number of anilines is 2. The van der Waals surface area contributed by atoms with Gasteiger partial charge in [-0.25, -0.2) is 0 Å². The van der Waals surface area contributed by atoms with Gasteiger partial charge in [0, 0.05) is 69.9 Å². The van der Waals surface area contributed by atoms with Crippen molar-refractivity contribution >= 4 is 105 Å². The van der Waals surface area contributed by atoms with E-state index in [1.807, 2.05) is 11.3 Å². The molecule has 0 fully saturated rings. The van der Waals surface area contributed by atoms with Gasteiger partial charge in [0.1, 0.15) is 11.2 Å². The number of benzene rings is 8. The minimum atomic E-state index is -0.0245. The van der Waals surface area contributed by atoms with E-state index < -0.39 is 0 Å². The summed E-state index contributed by atoms with van der Waals surface area (Å²) in [6.07, 6.45) is 0. The highest BCUT2D eigenvalue weighted by Crippen LogP contribution is 2.46. The van der Waals surface area contributed by atoms with Crippen LogP contribution in [-0.2, 0) is 10.8 Å². The molecule has 1 N–H and O–H groups in total. The molecule has 0 unspecified atom stereocenters. The fourth-order valence-electron chi connectivity index (χ4n) is 9.72. The summed E-state index contributed by atoms with van der Waals surface area (Å²) in [6.45, 7) is 13.7. The average Bonchev–Trinajstić information content (AvgIpc) is 3.92. The van der Waals surface area contributed by atoms with Crippen LogP contribution >= 0.6 is 11.3 Å². The summed E-state index contributed by atoms with van der Waals surface area (Å²) in [7, 11) is 2.41. The molecule has 0 bridgehead atoms. The summed E-state index contributed by atoms with van der Waals surface area (Å²) in [5, 5.41) is 11.3. The normalized spacial score (nSPS) is 12.9. The highest BCUT2D eigenvalue weighted by molar-refractivity contribution is 7.25. The van der Waals surface area contributed by atoms with Crippen LogP contribution in [0.3, 0.4) is 0 Å². The summed E-state index contributed by atoms with van der Waals surface area (Å²) >= 11 is 1.88. The molecule has 0 aliphatic carbocycles. The Morgan fingerprint density at radius 1 is 0.541 bits per heavy atom. The van der Waals surface area contributed by atoms with E-state index in [0.717, 1.165) is 44.3 Å². The Morgan fingerprint density at radius 2 is 1.26 bits per heavy atom. The second-order valence-corrected chi connectivity index (χ2v) is 20.0. The highest BCUT2D eigenvalue weighted by atomic mass is 32.1. The molecule has 293 valence electrons. The van der Waals surface area contributed by atoms with Crippen molar-refractivity contribution in [2.24, 2.45) is 0 Å². The lowest BCUT2D eigenvalue weighted by atomic mass is 9.58. The summed E-state index contributed by atoms with van der Waals surface area (Å²) in [5.41, 5.74) is 17.4. The Labute approximate surface area is 360 Å². The topological polar surface area (TPSA) is 30.1 Å². The first kappa shape index (κ1) is 36.3. The Hall–Kier alpha value is -6.56. The van der Waals surface area contributed by atoms with Crippen LogP contribution in [-0.4, -0.2) is 11.8 Å². The van der Waals surface area contributed by atoms with Crippen molar-refractivity contribution in [2.75, 3.05) is 5.32 Å². The Morgan fingerprint density at radius 3 is 2.08 bits per heavy atom. The van der Waals surface area contributed by atoms with Crippen LogP contribution in [0, 0.1) is 0 Å². The zero-order valence-corrected chi connectivity index (χ0v) is 36.1. The van der Waals surface area contributed by atoms with Gasteiger partial charge in [-0.05, 0) is 111 Å². The number of furan rings is 1. The molecule has 1 aliphatic heterocycles. The van der Waals surface area contributed by atoms with Crippen LogP contribution in [0.25, 0.3) is 91.9 Å². The van der Waals surface area contributed by atoms with Crippen LogP contribution in [0.15, 0.2) is 156 Å². The molecule has 0 atom stereocenters. The molecule has 4 heterocycles. The lowest BCUT2D eigenvalue weighted by Gasteiger charge is -2.25. The monoisotopic (exact) mass is 803 g/mol. The third kappa shape index (κ3) is 5.63. The first-order valence-electron chi connectivity index (χ1n) is 21.3. The predicted octanol–water partition coefficient (Wildman–Crippen LogP) is 14.7. The van der Waals surface area contributed by atoms with Gasteiger partial charge >= 0.3 is 0 Å². The minimum absolute atomic E-state index is 0.0245. The van der Waals surface area contributed by atoms with Crippen LogP contribution in [0.5, 0.6) is 0 Å². The SMILES string of the molecule is CC(C)(C)c1ccc(Nc2ccccc2-c2cc(-c3ccc4c(c3)sc3ccccc34)c3c4cc(C(C)(C)C)ccc4n4c3c2[B]c2cc3oc5ccccc5c3cc2-4)cc1. The third-order valence-electron chi connectivity index (χ3n) is 12.9. The van der Waals surface area contributed by atoms with Crippen molar-refractivity contribution in [3.63, 3.8) is 0 Å². The largest absolute Gasteiger partial charge is 0.456 e. The van der Waals surface area contributed by atoms with E-state index in [1.165, 1.54) is 80.9 Å². The number of para-hydroxylation sites is 2. The van der Waals surface area contributed by atoms with Crippen LogP contribution in [0.1, 0.15) is 52.7 Å². The maximum atomic E-state index is 6.53. The van der Waals surface area contributed by atoms with Crippen LogP contribution in [0.4, 0.5) is 11.4 Å². The van der Waals surface area contributed by atoms with E-state index in [1.54, 1.807) is 0 Å². The number of thiophene rings is 1. The Kier molecular flexibility index (Phi) is 7.72. The van der Waals surface area contributed by atoms with Gasteiger partial charge in [0.05, 0.1) is 5.52 Å². The molecule has 1 aliphatic rings. The first-order valence-corrected chi connectivity index (χ1v) is 22.1. The highest BCUT2D eigenvalue weighted by Gasteiger charge is 2.31. The number of fused-ring (bicyclic) bond motifs is 11. The molecule has 8 aromatic carbocycles. The first-order chi connectivity index (χ1) is 29.5. The number of hydrogen-bond donors (Lipinski definition) is 1. The predicted molar refractivity (Wildman–Crippen MR) is 264 cm³/mol. The Balaban J connectivity index is 1.19. The molecule has 0 amide bonds. The average molecular weight is 804 g/mol. The van der Waals surface area contributed by atoms with Gasteiger partial charge in [-0.15, -0.1) is 11.3 Å². The molecule has 3 aromatic heterocycles. The molecular weight excluding hydrogens is 760 g/mol. The Bertz CT molecular complexity index is 3610. The number of nitrogens with one attached hydrogen (secondary N) is 1. The van der Waals surface area contributed by atoms with Crippen LogP contribution in [0.2, 0.25) is 0 Å². The zero-order chi connectivity index (χ0) is 41.4. The number of nitrogens with zero attached hydrogens (tertiary/aromatic N) is 1. The molecule has 0 saturated heterocycles. The van der Waals surface area contributed by atoms with Gasteiger partial charge in [0.2, 0.25) is 0 Å². The zero-order valence-electron chi connectivity index (χ0n) is 35.3. The van der Waals surface area contributed by atoms with Gasteiger partial charge in [-0.2, -0.15) is 0 Å². The van der Waals surface area contributed by atoms with Crippen molar-refractivity contribution in [3.8, 4) is 27.9 Å². The fourth-order valence-corrected chi connectivity index (χ4v) is 10.9. The lowest BCUT2D eigenvalue weighted by Crippen LogP contribution is -2.37. The van der Waals surface area contributed by atoms with Crippen molar-refractivity contribution < 1.29 is 4.42 Å². The summed E-state index contributed by atoms with van der Waals surface area (Å²) < 4.78 is 11.7. The maximum Gasteiger partial charge on any atom is 0.198 e. The van der Waals surface area contributed by atoms with Crippen molar-refractivity contribution in [2.45, 2.75) is 52.4 Å². The number of aromatic nitrogens is 1. The van der Waals surface area contributed by atoms with Gasteiger partial charge in [0.15, 0.2) is 7.28 Å². The molecular formula is C56H44BN2OS. The molecule has 61 heavy (non-hydrogen) atoms. The maximum absolute atomic E-state index is 6.53. The van der Waals surface area contributed by atoms with Crippen molar-refractivity contribution in [3.05, 3.63) is 163 Å². The molecule has 0 saturated carbocycles. The second kappa shape index (κ2) is 13.0. The molecule has 5 heteroatoms. The quantitative estimate of drug-likeness (QED) is 0.180. The number of hydrogen-bond acceptors (Lipinski definition) is 3. The fraction of sp³-hybridized carbons (Fsp3) is 0.143. The minimum Gasteiger partial charge on any atom is -0.456 e. The van der Waals surface area contributed by atoms with E-state index in [9.17, 15) is 0 Å². The standard InChI is InChI=1S/C56H44BN2OS/c1-55(2,3)33-20-23-35(24-21-33)58-45-16-10-7-13-36(45)42-29-40(32-19-25-39-38-15-9-12-18-50(38)61-51(39)27-32)52-43-28-34(56(4,5)6)22-26-46(43)59-47-30-41-37-14-8-11-17-48(37)60-49(41)31-44(47)57-53(42)54(52)59/h7-31,58H,1-6H3. The molecule has 0 spiro atoms. The lowest BCUT2D eigenvalue weighted by molar-refractivity contribution is 0.590. The smallest absolute Gasteiger partial charge is 0.198 e. The molecule has 1 radical (unpaired) electrons. The second-order valence-electron chi connectivity index (χ2n) is 18.9. The van der Waals surface area contributed by atoms with E-state index >= 15 is 0 Å². The van der Waals surface area contributed by atoms with E-state index in [4.69, 9.17) is 4.42 Å². The van der Waals surface area contributed by atoms with Crippen molar-refractivity contribution in [1.82, 2.24) is 4.57 Å². The van der Waals surface area contributed by atoms with Gasteiger partial charge < -0.3 is 14.3 Å². The van der Waals surface area contributed by atoms with E-state index in [-0.39, 0.29) is 10.8 Å². The van der Waals surface area contributed by atoms with E-state index in [2.05, 4.69) is 210 Å². The molecule has 11 aromatic rings. The third-order valence-corrected chi connectivity index (χ3v) is 14.1. The molecule has 3 nitrogen and oxygen atoms in total. The van der Waals surface area contributed by atoms with Gasteiger partial charge in [-0.3, -0.25) is 0 Å². The summed E-state index contributed by atoms with van der Waals surface area (Å²) in [6, 6.07) is 56.3.